The van der Waals surface area contributed by atoms with Crippen LogP contribution in [0.5, 0.6) is 0 Å². The molecule has 0 fully saturated rings. The lowest BCUT2D eigenvalue weighted by molar-refractivity contribution is -0.144. The van der Waals surface area contributed by atoms with Gasteiger partial charge in [0.1, 0.15) is 0 Å². The van der Waals surface area contributed by atoms with Crippen LogP contribution in [0, 0.1) is 12.3 Å². The quantitative estimate of drug-likeness (QED) is 0.580. The minimum atomic E-state index is -0.482. The van der Waals surface area contributed by atoms with Crippen molar-refractivity contribution in [3.8, 4) is 12.3 Å². The maximum absolute atomic E-state index is 11.3. The Morgan fingerprint density at radius 3 is 2.67 bits per heavy atom. The number of halogens is 1. The summed E-state index contributed by atoms with van der Waals surface area (Å²) in [5, 5.41) is 0.643. The van der Waals surface area contributed by atoms with Gasteiger partial charge in [-0.1, -0.05) is 29.7 Å². The largest absolute Gasteiger partial charge is 0.449 e. The molecule has 0 amide bonds. The number of carbonyl (C=O) groups excluding carboxylic acids is 1. The summed E-state index contributed by atoms with van der Waals surface area (Å²) in [6.45, 7) is 1.65. The molecule has 0 saturated heterocycles. The molecule has 3 heteroatoms. The fourth-order valence-electron chi connectivity index (χ4n) is 1.04. The molecule has 0 bridgehead atoms. The number of benzene rings is 1. The Morgan fingerprint density at radius 2 is 2.13 bits per heavy atom. The monoisotopic (exact) mass is 222 g/mol. The molecule has 1 atom stereocenters. The zero-order valence-corrected chi connectivity index (χ0v) is 9.12. The van der Waals surface area contributed by atoms with E-state index in [1.54, 1.807) is 31.2 Å². The zero-order chi connectivity index (χ0) is 11.3. The van der Waals surface area contributed by atoms with E-state index in [0.717, 1.165) is 5.56 Å². The summed E-state index contributed by atoms with van der Waals surface area (Å²) in [5.41, 5.74) is 0.855. The van der Waals surface area contributed by atoms with Gasteiger partial charge in [0, 0.05) is 5.02 Å². The summed E-state index contributed by atoms with van der Waals surface area (Å²) < 4.78 is 4.93. The van der Waals surface area contributed by atoms with Crippen LogP contribution >= 0.6 is 11.6 Å². The number of rotatable bonds is 3. The van der Waals surface area contributed by atoms with E-state index in [4.69, 9.17) is 22.8 Å². The Balaban J connectivity index is 2.52. The van der Waals surface area contributed by atoms with Crippen LogP contribution in [0.4, 0.5) is 0 Å². The summed E-state index contributed by atoms with van der Waals surface area (Å²) in [7, 11) is 0. The minimum Gasteiger partial charge on any atom is -0.449 e. The average molecular weight is 223 g/mol. The molecule has 78 valence electrons. The van der Waals surface area contributed by atoms with Crippen molar-refractivity contribution in [2.45, 2.75) is 19.4 Å². The third-order valence-corrected chi connectivity index (χ3v) is 2.06. The van der Waals surface area contributed by atoms with Gasteiger partial charge >= 0.3 is 5.97 Å². The molecule has 2 nitrogen and oxygen atoms in total. The molecule has 1 aromatic carbocycles. The van der Waals surface area contributed by atoms with Crippen LogP contribution in [0.3, 0.4) is 0 Å². The maximum Gasteiger partial charge on any atom is 0.311 e. The van der Waals surface area contributed by atoms with E-state index in [2.05, 4.69) is 5.92 Å². The molecule has 0 heterocycles. The molecule has 0 radical (unpaired) electrons. The molecule has 0 aliphatic rings. The molecule has 0 N–H and O–H groups in total. The third-order valence-electron chi connectivity index (χ3n) is 1.80. The topological polar surface area (TPSA) is 26.3 Å². The highest BCUT2D eigenvalue weighted by molar-refractivity contribution is 6.30. The summed E-state index contributed by atoms with van der Waals surface area (Å²) in [5.74, 6) is 2.00. The SMILES string of the molecule is C#CC(C)OC(=O)Cc1ccc(Cl)cc1. The summed E-state index contributed by atoms with van der Waals surface area (Å²) >= 11 is 5.71. The van der Waals surface area contributed by atoms with Crippen molar-refractivity contribution in [1.82, 2.24) is 0 Å². The van der Waals surface area contributed by atoms with Gasteiger partial charge in [-0.25, -0.2) is 0 Å². The van der Waals surface area contributed by atoms with Gasteiger partial charge in [-0.3, -0.25) is 4.79 Å². The number of esters is 1. The Bertz CT molecular complexity index is 376. The van der Waals surface area contributed by atoms with Crippen molar-refractivity contribution in [3.63, 3.8) is 0 Å². The highest BCUT2D eigenvalue weighted by atomic mass is 35.5. The summed E-state index contributed by atoms with van der Waals surface area (Å²) in [6.07, 6.45) is 4.82. The molecule has 1 unspecified atom stereocenters. The smallest absolute Gasteiger partial charge is 0.311 e. The average Bonchev–Trinajstić information content (AvgIpc) is 2.21. The van der Waals surface area contributed by atoms with E-state index in [1.807, 2.05) is 0 Å². The van der Waals surface area contributed by atoms with E-state index in [1.165, 1.54) is 0 Å². The van der Waals surface area contributed by atoms with Crippen LogP contribution in [0.15, 0.2) is 24.3 Å². The van der Waals surface area contributed by atoms with Crippen LogP contribution in [-0.4, -0.2) is 12.1 Å². The molecule has 0 saturated carbocycles. The number of ether oxygens (including phenoxy) is 1. The first-order valence-corrected chi connectivity index (χ1v) is 4.89. The molecule has 0 aliphatic carbocycles. The molecule has 0 spiro atoms. The van der Waals surface area contributed by atoms with Crippen LogP contribution < -0.4 is 0 Å². The van der Waals surface area contributed by atoms with Crippen molar-refractivity contribution < 1.29 is 9.53 Å². The number of terminal acetylenes is 1. The van der Waals surface area contributed by atoms with Crippen LogP contribution in [0.25, 0.3) is 0 Å². The molecule has 0 aromatic heterocycles. The van der Waals surface area contributed by atoms with Gasteiger partial charge < -0.3 is 4.74 Å². The molecular formula is C12H11ClO2. The molecule has 1 aromatic rings. The lowest BCUT2D eigenvalue weighted by Gasteiger charge is -2.06. The maximum atomic E-state index is 11.3. The molecular weight excluding hydrogens is 212 g/mol. The number of carbonyl (C=O) groups is 1. The highest BCUT2D eigenvalue weighted by Crippen LogP contribution is 2.10. The summed E-state index contributed by atoms with van der Waals surface area (Å²) in [6, 6.07) is 7.03. The Hall–Kier alpha value is -1.46. The van der Waals surface area contributed by atoms with Crippen molar-refractivity contribution in [2.24, 2.45) is 0 Å². The number of hydrogen-bond donors (Lipinski definition) is 0. The molecule has 1 rings (SSSR count). The third kappa shape index (κ3) is 4.05. The highest BCUT2D eigenvalue weighted by Gasteiger charge is 2.07. The van der Waals surface area contributed by atoms with E-state index >= 15 is 0 Å². The van der Waals surface area contributed by atoms with E-state index < -0.39 is 6.10 Å². The van der Waals surface area contributed by atoms with Crippen LogP contribution in [0.2, 0.25) is 5.02 Å². The van der Waals surface area contributed by atoms with Gasteiger partial charge in [-0.05, 0) is 24.6 Å². The van der Waals surface area contributed by atoms with E-state index in [-0.39, 0.29) is 12.4 Å². The van der Waals surface area contributed by atoms with Gasteiger partial charge in [-0.2, -0.15) is 0 Å². The zero-order valence-electron chi connectivity index (χ0n) is 8.37. The second-order valence-electron chi connectivity index (χ2n) is 3.10. The van der Waals surface area contributed by atoms with Gasteiger partial charge in [-0.15, -0.1) is 6.42 Å². The first kappa shape index (κ1) is 11.6. The van der Waals surface area contributed by atoms with E-state index in [9.17, 15) is 4.79 Å². The fourth-order valence-corrected chi connectivity index (χ4v) is 1.17. The van der Waals surface area contributed by atoms with Gasteiger partial charge in [0.25, 0.3) is 0 Å². The Morgan fingerprint density at radius 1 is 1.53 bits per heavy atom. The van der Waals surface area contributed by atoms with Gasteiger partial charge in [0.15, 0.2) is 6.10 Å². The van der Waals surface area contributed by atoms with Crippen molar-refractivity contribution in [3.05, 3.63) is 34.9 Å². The standard InChI is InChI=1S/C12H11ClO2/c1-3-9(2)15-12(14)8-10-4-6-11(13)7-5-10/h1,4-7,9H,8H2,2H3. The Kier molecular flexibility index (Phi) is 4.20. The predicted molar refractivity (Wildman–Crippen MR) is 59.5 cm³/mol. The van der Waals surface area contributed by atoms with Crippen molar-refractivity contribution in [2.75, 3.05) is 0 Å². The molecule has 15 heavy (non-hydrogen) atoms. The first-order valence-electron chi connectivity index (χ1n) is 4.52. The number of hydrogen-bond acceptors (Lipinski definition) is 2. The summed E-state index contributed by atoms with van der Waals surface area (Å²) in [4.78, 5) is 11.3. The lowest BCUT2D eigenvalue weighted by Crippen LogP contribution is -2.14. The fraction of sp³-hybridized carbons (Fsp3) is 0.250. The Labute approximate surface area is 94.2 Å². The lowest BCUT2D eigenvalue weighted by atomic mass is 10.1. The first-order chi connectivity index (χ1) is 7.11. The second kappa shape index (κ2) is 5.43. The predicted octanol–water partition coefficient (Wildman–Crippen LogP) is 2.45. The van der Waals surface area contributed by atoms with Crippen LogP contribution in [-0.2, 0) is 16.0 Å². The van der Waals surface area contributed by atoms with Crippen LogP contribution in [0.1, 0.15) is 12.5 Å². The second-order valence-corrected chi connectivity index (χ2v) is 3.54. The van der Waals surface area contributed by atoms with Gasteiger partial charge in [0.2, 0.25) is 0 Å². The minimum absolute atomic E-state index is 0.211. The van der Waals surface area contributed by atoms with Crippen molar-refractivity contribution >= 4 is 17.6 Å². The van der Waals surface area contributed by atoms with Crippen molar-refractivity contribution in [1.29, 1.82) is 0 Å². The van der Waals surface area contributed by atoms with E-state index in [0.29, 0.717) is 5.02 Å². The van der Waals surface area contributed by atoms with Gasteiger partial charge in [0.05, 0.1) is 6.42 Å². The molecule has 0 aliphatic heterocycles. The normalized spacial score (nSPS) is 11.5.